The van der Waals surface area contributed by atoms with Gasteiger partial charge in [0.2, 0.25) is 0 Å². The van der Waals surface area contributed by atoms with E-state index in [1.165, 1.54) is 6.07 Å². The molecule has 0 bridgehead atoms. The number of aromatic nitrogens is 3. The first-order chi connectivity index (χ1) is 13.1. The molecule has 4 aromatic rings. The van der Waals surface area contributed by atoms with Gasteiger partial charge in [0, 0.05) is 24.0 Å². The molecule has 0 amide bonds. The van der Waals surface area contributed by atoms with Gasteiger partial charge in [-0.05, 0) is 24.6 Å². The third-order valence-electron chi connectivity index (χ3n) is 4.16. The van der Waals surface area contributed by atoms with E-state index in [9.17, 15) is 10.1 Å². The molecule has 0 unspecified atom stereocenters. The molecule has 0 atom stereocenters. The van der Waals surface area contributed by atoms with Crippen molar-refractivity contribution in [2.45, 2.75) is 13.5 Å². The molecule has 0 spiro atoms. The molecule has 0 aliphatic heterocycles. The van der Waals surface area contributed by atoms with Crippen LogP contribution in [0.2, 0.25) is 0 Å². The van der Waals surface area contributed by atoms with Gasteiger partial charge in [0.25, 0.3) is 0 Å². The van der Waals surface area contributed by atoms with Crippen LogP contribution in [0.15, 0.2) is 67.1 Å². The Balaban J connectivity index is 1.66. The number of imidazole rings is 1. The van der Waals surface area contributed by atoms with Crippen LogP contribution in [0.25, 0.3) is 16.9 Å². The minimum absolute atomic E-state index is 0.0882. The van der Waals surface area contributed by atoms with E-state index in [0.717, 1.165) is 11.3 Å². The van der Waals surface area contributed by atoms with Crippen molar-refractivity contribution in [3.05, 3.63) is 88.5 Å². The molecule has 4 rings (SSSR count). The summed E-state index contributed by atoms with van der Waals surface area (Å²) in [6.45, 7) is 2.16. The fraction of sp³-hybridized carbons (Fsp3) is 0.100. The summed E-state index contributed by atoms with van der Waals surface area (Å²) in [6, 6.07) is 14.4. The lowest BCUT2D eigenvalue weighted by molar-refractivity contribution is -0.385. The Morgan fingerprint density at radius 2 is 1.96 bits per heavy atom. The quantitative estimate of drug-likeness (QED) is 0.394. The smallest absolute Gasteiger partial charge is 0.311 e. The highest BCUT2D eigenvalue weighted by atomic mass is 16.6. The van der Waals surface area contributed by atoms with Crippen LogP contribution < -0.4 is 4.74 Å². The molecule has 0 fully saturated rings. The molecule has 2 aromatic heterocycles. The number of hydrogen-bond acceptors (Lipinski definition) is 5. The Kier molecular flexibility index (Phi) is 4.25. The number of fused-ring (bicyclic) bond motifs is 1. The summed E-state index contributed by atoms with van der Waals surface area (Å²) in [4.78, 5) is 19.8. The fourth-order valence-electron chi connectivity index (χ4n) is 2.82. The van der Waals surface area contributed by atoms with Crippen molar-refractivity contribution in [3.8, 4) is 17.0 Å². The molecule has 0 aliphatic carbocycles. The second kappa shape index (κ2) is 6.87. The van der Waals surface area contributed by atoms with Gasteiger partial charge in [0.15, 0.2) is 11.4 Å². The summed E-state index contributed by atoms with van der Waals surface area (Å²) in [5.74, 6) is 0.230. The molecule has 0 radical (unpaired) electrons. The molecular formula is C20H16N4O3. The van der Waals surface area contributed by atoms with Crippen LogP contribution in [0.5, 0.6) is 5.75 Å². The maximum absolute atomic E-state index is 11.5. The van der Waals surface area contributed by atoms with Crippen molar-refractivity contribution in [2.75, 3.05) is 0 Å². The van der Waals surface area contributed by atoms with E-state index >= 15 is 0 Å². The van der Waals surface area contributed by atoms with Gasteiger partial charge in [-0.2, -0.15) is 0 Å². The summed E-state index contributed by atoms with van der Waals surface area (Å²) in [6.07, 6.45) is 5.36. The summed E-state index contributed by atoms with van der Waals surface area (Å²) in [7, 11) is 0. The minimum Gasteiger partial charge on any atom is -0.482 e. The van der Waals surface area contributed by atoms with Gasteiger partial charge in [-0.3, -0.25) is 15.1 Å². The van der Waals surface area contributed by atoms with Crippen LogP contribution in [0.3, 0.4) is 0 Å². The zero-order chi connectivity index (χ0) is 18.8. The van der Waals surface area contributed by atoms with Crippen molar-refractivity contribution in [1.29, 1.82) is 0 Å². The third-order valence-corrected chi connectivity index (χ3v) is 4.16. The Morgan fingerprint density at radius 3 is 2.74 bits per heavy atom. The molecule has 2 aromatic carbocycles. The summed E-state index contributed by atoms with van der Waals surface area (Å²) < 4.78 is 7.52. The Hall–Kier alpha value is -3.74. The molecule has 7 heteroatoms. The summed E-state index contributed by atoms with van der Waals surface area (Å²) >= 11 is 0. The predicted molar refractivity (Wildman–Crippen MR) is 101 cm³/mol. The normalized spacial score (nSPS) is 10.9. The lowest BCUT2D eigenvalue weighted by Gasteiger charge is -2.08. The van der Waals surface area contributed by atoms with Crippen LogP contribution in [-0.4, -0.2) is 19.3 Å². The number of nitrogens with zero attached hydrogens (tertiary/aromatic N) is 4. The van der Waals surface area contributed by atoms with Crippen LogP contribution >= 0.6 is 0 Å². The molecule has 0 saturated heterocycles. The van der Waals surface area contributed by atoms with Gasteiger partial charge < -0.3 is 9.14 Å². The number of nitro benzene ring substituents is 1. The maximum atomic E-state index is 11.5. The first kappa shape index (κ1) is 16.7. The second-order valence-electron chi connectivity index (χ2n) is 6.13. The van der Waals surface area contributed by atoms with Crippen LogP contribution in [0, 0.1) is 17.0 Å². The van der Waals surface area contributed by atoms with Crippen LogP contribution in [-0.2, 0) is 6.61 Å². The largest absolute Gasteiger partial charge is 0.482 e. The lowest BCUT2D eigenvalue weighted by Crippen LogP contribution is -1.99. The third kappa shape index (κ3) is 3.48. The van der Waals surface area contributed by atoms with Crippen molar-refractivity contribution in [2.24, 2.45) is 0 Å². The fourth-order valence-corrected chi connectivity index (χ4v) is 2.82. The van der Waals surface area contributed by atoms with E-state index in [-0.39, 0.29) is 18.0 Å². The molecule has 0 N–H and O–H groups in total. The van der Waals surface area contributed by atoms with Gasteiger partial charge in [-0.25, -0.2) is 4.98 Å². The summed E-state index contributed by atoms with van der Waals surface area (Å²) in [5, 5.41) is 11.5. The molecule has 7 nitrogen and oxygen atoms in total. The van der Waals surface area contributed by atoms with E-state index in [0.29, 0.717) is 16.9 Å². The van der Waals surface area contributed by atoms with Gasteiger partial charge in [-0.15, -0.1) is 0 Å². The van der Waals surface area contributed by atoms with E-state index < -0.39 is 4.92 Å². The number of rotatable bonds is 5. The number of hydrogen-bond donors (Lipinski definition) is 0. The highest BCUT2D eigenvalue weighted by molar-refractivity contribution is 5.67. The first-order valence-electron chi connectivity index (χ1n) is 8.37. The highest BCUT2D eigenvalue weighted by Gasteiger charge is 2.18. The van der Waals surface area contributed by atoms with Crippen LogP contribution in [0.1, 0.15) is 11.3 Å². The van der Waals surface area contributed by atoms with Crippen molar-refractivity contribution in [3.63, 3.8) is 0 Å². The number of nitro groups is 1. The van der Waals surface area contributed by atoms with Crippen LogP contribution in [0.4, 0.5) is 5.69 Å². The molecule has 0 saturated carbocycles. The van der Waals surface area contributed by atoms with E-state index in [1.807, 2.05) is 54.0 Å². The van der Waals surface area contributed by atoms with Crippen molar-refractivity contribution in [1.82, 2.24) is 14.4 Å². The van der Waals surface area contributed by atoms with E-state index in [2.05, 4.69) is 9.97 Å². The van der Waals surface area contributed by atoms with Gasteiger partial charge >= 0.3 is 5.69 Å². The number of aryl methyl sites for hydroxylation is 1. The lowest BCUT2D eigenvalue weighted by atomic mass is 10.1. The van der Waals surface area contributed by atoms with Crippen molar-refractivity contribution < 1.29 is 9.66 Å². The predicted octanol–water partition coefficient (Wildman–Crippen LogP) is 4.19. The van der Waals surface area contributed by atoms with Gasteiger partial charge in [0.1, 0.15) is 6.61 Å². The number of benzene rings is 2. The van der Waals surface area contributed by atoms with E-state index in [1.54, 1.807) is 18.3 Å². The Bertz CT molecular complexity index is 1120. The summed E-state index contributed by atoms with van der Waals surface area (Å²) in [5.41, 5.74) is 3.69. The zero-order valence-corrected chi connectivity index (χ0v) is 14.6. The van der Waals surface area contributed by atoms with Gasteiger partial charge in [-0.1, -0.05) is 30.3 Å². The van der Waals surface area contributed by atoms with Gasteiger partial charge in [0.05, 0.1) is 22.5 Å². The first-order valence-corrected chi connectivity index (χ1v) is 8.37. The number of ether oxygens (including phenoxy) is 1. The standard InChI is InChI=1S/C20H16N4O3/c1-14-11-23-12-17(22-20(23)10-21-14)16-7-8-19(18(9-16)24(25)26)27-13-15-5-3-2-4-6-15/h2-12H,13H2,1H3. The second-order valence-corrected chi connectivity index (χ2v) is 6.13. The monoisotopic (exact) mass is 360 g/mol. The average Bonchev–Trinajstić information content (AvgIpc) is 3.10. The Labute approximate surface area is 155 Å². The SMILES string of the molecule is Cc1cn2cc(-c3ccc(OCc4ccccc4)c([N+](=O)[O-])c3)nc2cn1. The highest BCUT2D eigenvalue weighted by Crippen LogP contribution is 2.32. The molecule has 134 valence electrons. The average molecular weight is 360 g/mol. The Morgan fingerprint density at radius 1 is 1.15 bits per heavy atom. The maximum Gasteiger partial charge on any atom is 0.311 e. The zero-order valence-electron chi connectivity index (χ0n) is 14.6. The van der Waals surface area contributed by atoms with Crippen molar-refractivity contribution >= 4 is 11.3 Å². The topological polar surface area (TPSA) is 82.6 Å². The van der Waals surface area contributed by atoms with E-state index in [4.69, 9.17) is 4.74 Å². The molecule has 2 heterocycles. The molecule has 0 aliphatic rings. The molecule has 27 heavy (non-hydrogen) atoms. The molecular weight excluding hydrogens is 344 g/mol. The minimum atomic E-state index is -0.439.